The number of rotatable bonds is 6. The third-order valence-corrected chi connectivity index (χ3v) is 9.56. The fraction of sp³-hybridized carbons (Fsp3) is 0.577. The highest BCUT2D eigenvalue weighted by atomic mass is 32.1. The van der Waals surface area contributed by atoms with Crippen molar-refractivity contribution >= 4 is 33.8 Å². The van der Waals surface area contributed by atoms with Gasteiger partial charge in [0.05, 0.1) is 10.6 Å². The number of nitro groups is 1. The number of hydrogen-bond donors (Lipinski definition) is 2. The number of phenols is 1. The molecule has 3 aliphatic carbocycles. The molecular formula is C26H32N4O5S. The Morgan fingerprint density at radius 3 is 2.92 bits per heavy atom. The third-order valence-electron chi connectivity index (χ3n) is 8.73. The molecule has 10 heteroatoms. The molecule has 2 N–H and O–H groups in total. The van der Waals surface area contributed by atoms with Crippen molar-refractivity contribution in [3.05, 3.63) is 44.4 Å². The van der Waals surface area contributed by atoms with Crippen LogP contribution in [0.2, 0.25) is 0 Å². The number of hydrogen-bond acceptors (Lipinski definition) is 8. The van der Waals surface area contributed by atoms with E-state index in [1.165, 1.54) is 17.4 Å². The smallest absolute Gasteiger partial charge is 0.314 e. The summed E-state index contributed by atoms with van der Waals surface area (Å²) in [5, 5.41) is 29.9. The second-order valence-electron chi connectivity index (χ2n) is 10.6. The standard InChI is InChI=1S/C26H32N4O5S/c1-14-13-27-25(36-14)28-22(32)9-4-15-12-21(29-35-3)26(2)11-10-17-16-7-8-20(31)24(30(33)34)19(16)6-5-18(17)23(15)26/h7-8,13,15,17-18,23,31H,4-6,9-12H2,1-3H3,(H,27,28,32)/b29-21+. The van der Waals surface area contributed by atoms with Crippen LogP contribution in [-0.2, 0) is 16.1 Å². The van der Waals surface area contributed by atoms with Crippen LogP contribution in [0, 0.1) is 40.2 Å². The fourth-order valence-electron chi connectivity index (χ4n) is 7.35. The first-order valence-corrected chi connectivity index (χ1v) is 13.4. The van der Waals surface area contributed by atoms with Gasteiger partial charge in [0.2, 0.25) is 5.91 Å². The van der Waals surface area contributed by atoms with Crippen molar-refractivity contribution in [1.29, 1.82) is 0 Å². The van der Waals surface area contributed by atoms with Gasteiger partial charge in [0.15, 0.2) is 10.9 Å². The van der Waals surface area contributed by atoms with E-state index < -0.39 is 4.92 Å². The zero-order valence-electron chi connectivity index (χ0n) is 20.8. The number of benzene rings is 1. The third kappa shape index (κ3) is 4.15. The number of carbonyl (C=O) groups is 1. The molecule has 0 spiro atoms. The fourth-order valence-corrected chi connectivity index (χ4v) is 8.03. The molecule has 2 fully saturated rings. The van der Waals surface area contributed by atoms with E-state index in [0.717, 1.165) is 48.3 Å². The number of anilines is 1. The number of nitro benzene ring substituents is 1. The van der Waals surface area contributed by atoms with Crippen molar-refractivity contribution < 1.29 is 19.7 Å². The zero-order chi connectivity index (χ0) is 25.6. The summed E-state index contributed by atoms with van der Waals surface area (Å²) >= 11 is 1.47. The molecule has 2 aromatic rings. The van der Waals surface area contributed by atoms with Crippen LogP contribution in [-0.4, -0.2) is 33.7 Å². The lowest BCUT2D eigenvalue weighted by Crippen LogP contribution is -2.44. The van der Waals surface area contributed by atoms with Crippen molar-refractivity contribution in [3.8, 4) is 5.75 Å². The molecule has 1 heterocycles. The molecular weight excluding hydrogens is 480 g/mol. The van der Waals surface area contributed by atoms with E-state index in [-0.39, 0.29) is 34.6 Å². The molecule has 3 aliphatic rings. The molecule has 5 atom stereocenters. The van der Waals surface area contributed by atoms with Crippen molar-refractivity contribution in [1.82, 2.24) is 4.98 Å². The Morgan fingerprint density at radius 1 is 1.42 bits per heavy atom. The van der Waals surface area contributed by atoms with Crippen molar-refractivity contribution in [2.75, 3.05) is 12.4 Å². The number of thiazole rings is 1. The van der Waals surface area contributed by atoms with Gasteiger partial charge in [0.1, 0.15) is 7.11 Å². The molecule has 1 aromatic heterocycles. The Balaban J connectivity index is 1.41. The molecule has 192 valence electrons. The minimum absolute atomic E-state index is 0.0318. The van der Waals surface area contributed by atoms with Gasteiger partial charge in [0.25, 0.3) is 0 Å². The van der Waals surface area contributed by atoms with Gasteiger partial charge in [-0.05, 0) is 80.8 Å². The number of nitrogens with zero attached hydrogens (tertiary/aromatic N) is 3. The number of oxime groups is 1. The number of aryl methyl sites for hydroxylation is 1. The van der Waals surface area contributed by atoms with Crippen molar-refractivity contribution in [2.45, 2.75) is 64.7 Å². The van der Waals surface area contributed by atoms with Crippen LogP contribution in [0.5, 0.6) is 5.75 Å². The summed E-state index contributed by atoms with van der Waals surface area (Å²) in [6.07, 6.45) is 6.91. The summed E-state index contributed by atoms with van der Waals surface area (Å²) in [6, 6.07) is 3.36. The van der Waals surface area contributed by atoms with Gasteiger partial charge in [-0.3, -0.25) is 14.9 Å². The van der Waals surface area contributed by atoms with Crippen LogP contribution in [0.25, 0.3) is 0 Å². The lowest BCUT2D eigenvalue weighted by atomic mass is 9.53. The summed E-state index contributed by atoms with van der Waals surface area (Å²) in [5.41, 5.74) is 2.49. The molecule has 0 radical (unpaired) electrons. The zero-order valence-corrected chi connectivity index (χ0v) is 21.6. The number of fused-ring (bicyclic) bond motifs is 5. The predicted molar refractivity (Wildman–Crippen MR) is 137 cm³/mol. The lowest BCUT2D eigenvalue weighted by Gasteiger charge is -2.50. The Kier molecular flexibility index (Phi) is 6.48. The predicted octanol–water partition coefficient (Wildman–Crippen LogP) is 5.57. The normalized spacial score (nSPS) is 29.8. The topological polar surface area (TPSA) is 127 Å². The van der Waals surface area contributed by atoms with Gasteiger partial charge < -0.3 is 15.3 Å². The Morgan fingerprint density at radius 2 is 2.22 bits per heavy atom. The molecule has 1 aromatic carbocycles. The number of nitrogens with one attached hydrogen (secondary N) is 1. The number of aromatic nitrogens is 1. The Bertz CT molecular complexity index is 1230. The molecule has 5 unspecified atom stereocenters. The van der Waals surface area contributed by atoms with Crippen molar-refractivity contribution in [3.63, 3.8) is 0 Å². The van der Waals surface area contributed by atoms with E-state index in [1.54, 1.807) is 13.3 Å². The number of carbonyl (C=O) groups excluding carboxylic acids is 1. The molecule has 5 rings (SSSR count). The Labute approximate surface area is 214 Å². The highest BCUT2D eigenvalue weighted by Gasteiger charge is 2.58. The van der Waals surface area contributed by atoms with E-state index in [2.05, 4.69) is 22.4 Å². The lowest BCUT2D eigenvalue weighted by molar-refractivity contribution is -0.386. The second kappa shape index (κ2) is 9.46. The number of aromatic hydroxyl groups is 1. The van der Waals surface area contributed by atoms with Gasteiger partial charge >= 0.3 is 5.69 Å². The van der Waals surface area contributed by atoms with E-state index in [4.69, 9.17) is 4.84 Å². The summed E-state index contributed by atoms with van der Waals surface area (Å²) in [4.78, 5) is 34.5. The molecule has 0 saturated heterocycles. The van der Waals surface area contributed by atoms with Crippen LogP contribution in [0.1, 0.15) is 67.4 Å². The molecule has 1 amide bonds. The average Bonchev–Trinajstić information content (AvgIpc) is 3.37. The van der Waals surface area contributed by atoms with Crippen LogP contribution >= 0.6 is 11.3 Å². The summed E-state index contributed by atoms with van der Waals surface area (Å²) in [6.45, 7) is 4.24. The Hall–Kier alpha value is -3.01. The maximum Gasteiger partial charge on any atom is 0.314 e. The average molecular weight is 513 g/mol. The number of amides is 1. The molecule has 9 nitrogen and oxygen atoms in total. The highest BCUT2D eigenvalue weighted by Crippen LogP contribution is 2.63. The van der Waals surface area contributed by atoms with Crippen LogP contribution in [0.15, 0.2) is 23.5 Å². The molecule has 2 saturated carbocycles. The van der Waals surface area contributed by atoms with E-state index in [1.807, 2.05) is 13.0 Å². The minimum atomic E-state index is -0.453. The van der Waals surface area contributed by atoms with Gasteiger partial charge in [-0.1, -0.05) is 18.1 Å². The first kappa shape index (κ1) is 24.7. The van der Waals surface area contributed by atoms with Crippen LogP contribution in [0.4, 0.5) is 10.8 Å². The first-order chi connectivity index (χ1) is 17.2. The van der Waals surface area contributed by atoms with E-state index >= 15 is 0 Å². The maximum absolute atomic E-state index is 12.7. The monoisotopic (exact) mass is 512 g/mol. The van der Waals surface area contributed by atoms with E-state index in [0.29, 0.717) is 35.4 Å². The first-order valence-electron chi connectivity index (χ1n) is 12.5. The molecule has 0 bridgehead atoms. The minimum Gasteiger partial charge on any atom is -0.502 e. The molecule has 0 aliphatic heterocycles. The summed E-state index contributed by atoms with van der Waals surface area (Å²) in [7, 11) is 1.58. The van der Waals surface area contributed by atoms with Gasteiger partial charge in [0, 0.05) is 28.5 Å². The van der Waals surface area contributed by atoms with Gasteiger partial charge in [-0.2, -0.15) is 0 Å². The second-order valence-corrected chi connectivity index (χ2v) is 11.8. The maximum atomic E-state index is 12.7. The van der Waals surface area contributed by atoms with Crippen molar-refractivity contribution in [2.24, 2.45) is 28.3 Å². The van der Waals surface area contributed by atoms with Crippen LogP contribution in [0.3, 0.4) is 0 Å². The highest BCUT2D eigenvalue weighted by molar-refractivity contribution is 7.15. The largest absolute Gasteiger partial charge is 0.502 e. The van der Waals surface area contributed by atoms with Gasteiger partial charge in [-0.15, -0.1) is 11.3 Å². The quantitative estimate of drug-likeness (QED) is 0.385. The number of phenolic OH excluding ortho intramolecular Hbond substituents is 1. The van der Waals surface area contributed by atoms with E-state index in [9.17, 15) is 20.0 Å². The molecule has 36 heavy (non-hydrogen) atoms. The van der Waals surface area contributed by atoms with Gasteiger partial charge in [-0.25, -0.2) is 4.98 Å². The summed E-state index contributed by atoms with van der Waals surface area (Å²) in [5.74, 6) is 0.820. The SMILES string of the molecule is CO/N=C1\CC(CCC(=O)Nc2ncc(C)s2)C2C3CCc4c(ccc(O)c4[N+](=O)[O-])C3CCC12C. The van der Waals surface area contributed by atoms with Crippen LogP contribution < -0.4 is 5.32 Å². The summed E-state index contributed by atoms with van der Waals surface area (Å²) < 4.78 is 0.